The van der Waals surface area contributed by atoms with E-state index in [-0.39, 0.29) is 18.5 Å². The van der Waals surface area contributed by atoms with Gasteiger partial charge in [-0.2, -0.15) is 0 Å². The van der Waals surface area contributed by atoms with Crippen LogP contribution < -0.4 is 15.5 Å². The average molecular weight is 347 g/mol. The number of benzene rings is 1. The van der Waals surface area contributed by atoms with Crippen LogP contribution in [0.2, 0.25) is 0 Å². The zero-order valence-electron chi connectivity index (χ0n) is 15.1. The fraction of sp³-hybridized carbons (Fsp3) is 0.500. The van der Waals surface area contributed by atoms with Crippen LogP contribution in [0.25, 0.3) is 0 Å². The standard InChI is InChI=1S/C18H25N3O4/c1-5-6-9-19-17(24)20-12-7-8-14-13(10-12)18(2,3)16(23)21(14)11-15(22)25-4/h7-8,10H,5-6,9,11H2,1-4H3,(H2,19,20,24). The molecular formula is C18H25N3O4. The van der Waals surface area contributed by atoms with Gasteiger partial charge in [-0.15, -0.1) is 0 Å². The van der Waals surface area contributed by atoms with Crippen molar-refractivity contribution in [2.24, 2.45) is 0 Å². The first-order valence-corrected chi connectivity index (χ1v) is 8.39. The maximum atomic E-state index is 12.7. The number of fused-ring (bicyclic) bond motifs is 1. The van der Waals surface area contributed by atoms with Crippen molar-refractivity contribution in [3.8, 4) is 0 Å². The van der Waals surface area contributed by atoms with E-state index in [9.17, 15) is 14.4 Å². The molecule has 136 valence electrons. The minimum Gasteiger partial charge on any atom is -0.468 e. The Morgan fingerprint density at radius 2 is 2.00 bits per heavy atom. The lowest BCUT2D eigenvalue weighted by Gasteiger charge is -2.19. The van der Waals surface area contributed by atoms with E-state index >= 15 is 0 Å². The van der Waals surface area contributed by atoms with Crippen LogP contribution in [0.1, 0.15) is 39.2 Å². The molecular weight excluding hydrogens is 322 g/mol. The van der Waals surface area contributed by atoms with Crippen LogP contribution in [0.15, 0.2) is 18.2 Å². The topological polar surface area (TPSA) is 87.7 Å². The average Bonchev–Trinajstić information content (AvgIpc) is 2.76. The van der Waals surface area contributed by atoms with Crippen molar-refractivity contribution in [3.05, 3.63) is 23.8 Å². The van der Waals surface area contributed by atoms with Gasteiger partial charge in [0.1, 0.15) is 6.54 Å². The Kier molecular flexibility index (Phi) is 5.66. The Bertz CT molecular complexity index is 685. The third kappa shape index (κ3) is 3.92. The van der Waals surface area contributed by atoms with E-state index in [1.165, 1.54) is 12.0 Å². The Labute approximate surface area is 147 Å². The number of hydrogen-bond acceptors (Lipinski definition) is 4. The van der Waals surface area contributed by atoms with Gasteiger partial charge in [-0.3, -0.25) is 9.59 Å². The highest BCUT2D eigenvalue weighted by molar-refractivity contribution is 6.10. The summed E-state index contributed by atoms with van der Waals surface area (Å²) in [7, 11) is 1.29. The van der Waals surface area contributed by atoms with Crippen LogP contribution in [0.5, 0.6) is 0 Å². The summed E-state index contributed by atoms with van der Waals surface area (Å²) in [5, 5.41) is 5.56. The first kappa shape index (κ1) is 18.8. The fourth-order valence-corrected chi connectivity index (χ4v) is 2.82. The third-order valence-corrected chi connectivity index (χ3v) is 4.33. The number of nitrogens with one attached hydrogen (secondary N) is 2. The normalized spacial score (nSPS) is 14.9. The zero-order valence-corrected chi connectivity index (χ0v) is 15.1. The summed E-state index contributed by atoms with van der Waals surface area (Å²) in [6.45, 7) is 6.15. The zero-order chi connectivity index (χ0) is 18.6. The smallest absolute Gasteiger partial charge is 0.325 e. The molecule has 1 aliphatic heterocycles. The van der Waals surface area contributed by atoms with E-state index in [1.807, 2.05) is 0 Å². The highest BCUT2D eigenvalue weighted by atomic mass is 16.5. The largest absolute Gasteiger partial charge is 0.468 e. The molecule has 0 aromatic heterocycles. The number of amides is 3. The van der Waals surface area contributed by atoms with Crippen molar-refractivity contribution in [1.82, 2.24) is 5.32 Å². The van der Waals surface area contributed by atoms with Gasteiger partial charge < -0.3 is 20.3 Å². The molecule has 2 rings (SSSR count). The predicted molar refractivity (Wildman–Crippen MR) is 95.8 cm³/mol. The number of urea groups is 1. The van der Waals surface area contributed by atoms with Crippen LogP contribution in [0.4, 0.5) is 16.2 Å². The number of carbonyl (C=O) groups excluding carboxylic acids is 3. The second kappa shape index (κ2) is 7.55. The maximum absolute atomic E-state index is 12.7. The molecule has 0 unspecified atom stereocenters. The summed E-state index contributed by atoms with van der Waals surface area (Å²) in [6, 6.07) is 4.97. The molecule has 1 heterocycles. The number of unbranched alkanes of at least 4 members (excludes halogenated alkanes) is 1. The summed E-state index contributed by atoms with van der Waals surface area (Å²) >= 11 is 0. The number of nitrogens with zero attached hydrogens (tertiary/aromatic N) is 1. The maximum Gasteiger partial charge on any atom is 0.325 e. The van der Waals surface area contributed by atoms with E-state index in [2.05, 4.69) is 22.3 Å². The number of methoxy groups -OCH3 is 1. The summed E-state index contributed by atoms with van der Waals surface area (Å²) in [4.78, 5) is 37.6. The lowest BCUT2D eigenvalue weighted by molar-refractivity contribution is -0.140. The van der Waals surface area contributed by atoms with Crippen molar-refractivity contribution in [2.45, 2.75) is 39.0 Å². The monoisotopic (exact) mass is 347 g/mol. The van der Waals surface area contributed by atoms with Gasteiger partial charge in [0.2, 0.25) is 5.91 Å². The number of anilines is 2. The van der Waals surface area contributed by atoms with E-state index in [0.717, 1.165) is 18.4 Å². The van der Waals surface area contributed by atoms with Crippen LogP contribution in [0.3, 0.4) is 0 Å². The molecule has 1 aromatic rings. The van der Waals surface area contributed by atoms with Gasteiger partial charge in [0.15, 0.2) is 0 Å². The Morgan fingerprint density at radius 1 is 1.28 bits per heavy atom. The minimum atomic E-state index is -0.778. The summed E-state index contributed by atoms with van der Waals surface area (Å²) in [6.07, 6.45) is 1.92. The lowest BCUT2D eigenvalue weighted by Crippen LogP contribution is -2.39. The number of esters is 1. The van der Waals surface area contributed by atoms with E-state index in [1.54, 1.807) is 32.0 Å². The van der Waals surface area contributed by atoms with Crippen LogP contribution >= 0.6 is 0 Å². The highest BCUT2D eigenvalue weighted by Gasteiger charge is 2.44. The summed E-state index contributed by atoms with van der Waals surface area (Å²) in [5.41, 5.74) is 1.26. The van der Waals surface area contributed by atoms with Crippen LogP contribution in [-0.4, -0.2) is 38.1 Å². The summed E-state index contributed by atoms with van der Waals surface area (Å²) in [5.74, 6) is -0.646. The van der Waals surface area contributed by atoms with Crippen molar-refractivity contribution < 1.29 is 19.1 Å². The second-order valence-corrected chi connectivity index (χ2v) is 6.56. The van der Waals surface area contributed by atoms with Gasteiger partial charge in [-0.1, -0.05) is 13.3 Å². The Balaban J connectivity index is 2.20. The quantitative estimate of drug-likeness (QED) is 0.611. The molecule has 0 saturated heterocycles. The van der Waals surface area contributed by atoms with Crippen molar-refractivity contribution >= 4 is 29.3 Å². The predicted octanol–water partition coefficient (Wildman–Crippen LogP) is 2.41. The number of ether oxygens (including phenoxy) is 1. The van der Waals surface area contributed by atoms with E-state index in [0.29, 0.717) is 17.9 Å². The third-order valence-electron chi connectivity index (χ3n) is 4.33. The van der Waals surface area contributed by atoms with Gasteiger partial charge in [0.25, 0.3) is 0 Å². The number of carbonyl (C=O) groups is 3. The first-order chi connectivity index (χ1) is 11.8. The SMILES string of the molecule is CCCCNC(=O)Nc1ccc2c(c1)C(C)(C)C(=O)N2CC(=O)OC. The molecule has 0 spiro atoms. The molecule has 1 aromatic carbocycles. The van der Waals surface area contributed by atoms with Crippen molar-refractivity contribution in [3.63, 3.8) is 0 Å². The molecule has 0 bridgehead atoms. The van der Waals surface area contributed by atoms with Gasteiger partial charge in [-0.05, 0) is 44.0 Å². The molecule has 7 nitrogen and oxygen atoms in total. The molecule has 2 N–H and O–H groups in total. The fourth-order valence-electron chi connectivity index (χ4n) is 2.82. The van der Waals surface area contributed by atoms with Gasteiger partial charge >= 0.3 is 12.0 Å². The van der Waals surface area contributed by atoms with E-state index in [4.69, 9.17) is 0 Å². The van der Waals surface area contributed by atoms with E-state index < -0.39 is 11.4 Å². The summed E-state index contributed by atoms with van der Waals surface area (Å²) < 4.78 is 4.67. The molecule has 0 atom stereocenters. The van der Waals surface area contributed by atoms with Gasteiger partial charge in [0.05, 0.1) is 12.5 Å². The molecule has 0 fully saturated rings. The molecule has 0 aliphatic carbocycles. The second-order valence-electron chi connectivity index (χ2n) is 6.56. The Morgan fingerprint density at radius 3 is 2.64 bits per heavy atom. The molecule has 7 heteroatoms. The minimum absolute atomic E-state index is 0.129. The molecule has 25 heavy (non-hydrogen) atoms. The highest BCUT2D eigenvalue weighted by Crippen LogP contribution is 2.42. The molecule has 0 radical (unpaired) electrons. The first-order valence-electron chi connectivity index (χ1n) is 8.39. The van der Waals surface area contributed by atoms with Crippen molar-refractivity contribution in [2.75, 3.05) is 30.4 Å². The molecule has 3 amide bonds. The molecule has 1 aliphatic rings. The number of hydrogen-bond donors (Lipinski definition) is 2. The van der Waals surface area contributed by atoms with Crippen LogP contribution in [-0.2, 0) is 19.7 Å². The molecule has 0 saturated carbocycles. The van der Waals surface area contributed by atoms with Crippen molar-refractivity contribution in [1.29, 1.82) is 0 Å². The Hall–Kier alpha value is -2.57. The van der Waals surface area contributed by atoms with Gasteiger partial charge in [0, 0.05) is 17.9 Å². The number of rotatable bonds is 6. The lowest BCUT2D eigenvalue weighted by atomic mass is 9.86. The van der Waals surface area contributed by atoms with Crippen LogP contribution in [0, 0.1) is 0 Å². The van der Waals surface area contributed by atoms with Gasteiger partial charge in [-0.25, -0.2) is 4.79 Å².